The first kappa shape index (κ1) is 20.7. The summed E-state index contributed by atoms with van der Waals surface area (Å²) in [6.07, 6.45) is 4.03. The molecule has 0 aromatic rings. The van der Waals surface area contributed by atoms with Crippen LogP contribution in [0.5, 0.6) is 0 Å². The number of sulfone groups is 1. The maximum atomic E-state index is 12.2. The summed E-state index contributed by atoms with van der Waals surface area (Å²) in [5, 5.41) is 0. The first-order chi connectivity index (χ1) is 9.05. The van der Waals surface area contributed by atoms with Crippen LogP contribution in [0.2, 0.25) is 0 Å². The Hall–Kier alpha value is -0.330. The average molecular weight is 341 g/mol. The van der Waals surface area contributed by atoms with Gasteiger partial charge in [0.25, 0.3) is 0 Å². The zero-order valence-corrected chi connectivity index (χ0v) is 15.1. The molecule has 21 heavy (non-hydrogen) atoms. The van der Waals surface area contributed by atoms with Gasteiger partial charge >= 0.3 is 0 Å². The van der Waals surface area contributed by atoms with E-state index in [0.717, 1.165) is 19.3 Å². The van der Waals surface area contributed by atoms with Gasteiger partial charge in [0.2, 0.25) is 5.91 Å². The summed E-state index contributed by atoms with van der Waals surface area (Å²) < 4.78 is 22.8. The highest BCUT2D eigenvalue weighted by atomic mass is 35.5. The lowest BCUT2D eigenvalue weighted by molar-refractivity contribution is -0.131. The summed E-state index contributed by atoms with van der Waals surface area (Å²) in [5.74, 6) is 0.561. The van der Waals surface area contributed by atoms with Crippen molar-refractivity contribution in [3.8, 4) is 0 Å². The smallest absolute Gasteiger partial charge is 0.222 e. The molecule has 1 unspecified atom stereocenters. The Labute approximate surface area is 135 Å². The van der Waals surface area contributed by atoms with Crippen molar-refractivity contribution in [2.24, 2.45) is 17.1 Å². The molecule has 1 atom stereocenters. The van der Waals surface area contributed by atoms with Gasteiger partial charge in [-0.05, 0) is 30.6 Å². The predicted molar refractivity (Wildman–Crippen MR) is 88.3 cm³/mol. The molecule has 7 heteroatoms. The van der Waals surface area contributed by atoms with Gasteiger partial charge in [0.05, 0.1) is 5.75 Å². The number of carbonyl (C=O) groups is 1. The molecule has 0 aromatic carbocycles. The van der Waals surface area contributed by atoms with Crippen LogP contribution in [0.1, 0.15) is 39.5 Å². The van der Waals surface area contributed by atoms with Gasteiger partial charge in [0, 0.05) is 32.3 Å². The second-order valence-electron chi connectivity index (χ2n) is 6.76. The number of carbonyl (C=O) groups excluding carboxylic acids is 1. The summed E-state index contributed by atoms with van der Waals surface area (Å²) in [4.78, 5) is 13.8. The third-order valence-electron chi connectivity index (χ3n) is 4.13. The van der Waals surface area contributed by atoms with E-state index in [2.05, 4.69) is 13.8 Å². The molecule has 1 rings (SSSR count). The van der Waals surface area contributed by atoms with Crippen molar-refractivity contribution in [2.45, 2.75) is 45.6 Å². The number of hydrogen-bond donors (Lipinski definition) is 1. The molecule has 0 saturated heterocycles. The lowest BCUT2D eigenvalue weighted by Gasteiger charge is -2.23. The molecule has 0 radical (unpaired) electrons. The maximum Gasteiger partial charge on any atom is 0.222 e. The largest absolute Gasteiger partial charge is 0.346 e. The normalized spacial score (nSPS) is 18.0. The van der Waals surface area contributed by atoms with Gasteiger partial charge in [0.1, 0.15) is 9.84 Å². The summed E-state index contributed by atoms with van der Waals surface area (Å²) in [7, 11) is -1.25. The lowest BCUT2D eigenvalue weighted by Crippen LogP contribution is -2.36. The Kier molecular flexibility index (Phi) is 7.67. The molecule has 5 nitrogen and oxygen atoms in total. The molecule has 0 bridgehead atoms. The molecule has 126 valence electrons. The van der Waals surface area contributed by atoms with E-state index in [1.54, 1.807) is 11.9 Å². The molecule has 1 aliphatic carbocycles. The average Bonchev–Trinajstić information content (AvgIpc) is 3.01. The predicted octanol–water partition coefficient (Wildman–Crippen LogP) is 1.45. The van der Waals surface area contributed by atoms with Crippen molar-refractivity contribution in [1.29, 1.82) is 0 Å². The van der Waals surface area contributed by atoms with E-state index in [1.165, 1.54) is 6.26 Å². The Bertz CT molecular complexity index is 447. The summed E-state index contributed by atoms with van der Waals surface area (Å²) in [5.41, 5.74) is 5.68. The summed E-state index contributed by atoms with van der Waals surface area (Å²) in [6, 6.07) is 0.0937. The third kappa shape index (κ3) is 7.47. The van der Waals surface area contributed by atoms with Crippen LogP contribution < -0.4 is 5.73 Å². The minimum absolute atomic E-state index is 0. The van der Waals surface area contributed by atoms with E-state index in [-0.39, 0.29) is 35.5 Å². The highest BCUT2D eigenvalue weighted by Gasteiger charge is 2.47. The van der Waals surface area contributed by atoms with Gasteiger partial charge in [0.15, 0.2) is 0 Å². The van der Waals surface area contributed by atoms with Gasteiger partial charge in [-0.1, -0.05) is 13.8 Å². The van der Waals surface area contributed by atoms with E-state index in [1.807, 2.05) is 0 Å². The van der Waals surface area contributed by atoms with Crippen LogP contribution in [0.15, 0.2) is 0 Å². The summed E-state index contributed by atoms with van der Waals surface area (Å²) in [6.45, 7) is 4.77. The Morgan fingerprint density at radius 2 is 1.86 bits per heavy atom. The topological polar surface area (TPSA) is 80.5 Å². The number of amides is 1. The highest BCUT2D eigenvalue weighted by molar-refractivity contribution is 7.90. The van der Waals surface area contributed by atoms with Gasteiger partial charge in [-0.2, -0.15) is 0 Å². The first-order valence-corrected chi connectivity index (χ1v) is 9.28. The first-order valence-electron chi connectivity index (χ1n) is 7.22. The van der Waals surface area contributed by atoms with Crippen LogP contribution in [0.25, 0.3) is 0 Å². The zero-order valence-electron chi connectivity index (χ0n) is 13.5. The SMILES string of the molecule is CC(C)C(N)CCN(C)C(=O)CC1(CS(C)(=O)=O)CC1.Cl. The van der Waals surface area contributed by atoms with Crippen LogP contribution >= 0.6 is 12.4 Å². The van der Waals surface area contributed by atoms with E-state index in [4.69, 9.17) is 5.73 Å². The van der Waals surface area contributed by atoms with Crippen LogP contribution in [0, 0.1) is 11.3 Å². The Morgan fingerprint density at radius 3 is 2.24 bits per heavy atom. The van der Waals surface area contributed by atoms with Crippen molar-refractivity contribution in [1.82, 2.24) is 4.90 Å². The van der Waals surface area contributed by atoms with Crippen LogP contribution in [-0.4, -0.2) is 50.9 Å². The molecular weight excluding hydrogens is 312 g/mol. The molecule has 1 amide bonds. The van der Waals surface area contributed by atoms with Crippen LogP contribution in [0.3, 0.4) is 0 Å². The van der Waals surface area contributed by atoms with Crippen molar-refractivity contribution >= 4 is 28.2 Å². The number of hydrogen-bond acceptors (Lipinski definition) is 4. The molecule has 0 heterocycles. The Balaban J connectivity index is 0.00000400. The highest BCUT2D eigenvalue weighted by Crippen LogP contribution is 2.50. The monoisotopic (exact) mass is 340 g/mol. The molecule has 1 aliphatic rings. The molecule has 0 spiro atoms. The Morgan fingerprint density at radius 1 is 1.33 bits per heavy atom. The van der Waals surface area contributed by atoms with Crippen molar-refractivity contribution < 1.29 is 13.2 Å². The second-order valence-corrected chi connectivity index (χ2v) is 8.90. The molecule has 1 fully saturated rings. The van der Waals surface area contributed by atoms with Gasteiger partial charge in [-0.3, -0.25) is 4.79 Å². The molecule has 0 aromatic heterocycles. The van der Waals surface area contributed by atoms with E-state index in [0.29, 0.717) is 18.9 Å². The lowest BCUT2D eigenvalue weighted by atomic mass is 10.0. The van der Waals surface area contributed by atoms with Gasteiger partial charge < -0.3 is 10.6 Å². The van der Waals surface area contributed by atoms with E-state index in [9.17, 15) is 13.2 Å². The maximum absolute atomic E-state index is 12.2. The minimum atomic E-state index is -3.02. The number of nitrogens with two attached hydrogens (primary N) is 1. The van der Waals surface area contributed by atoms with Crippen molar-refractivity contribution in [2.75, 3.05) is 25.6 Å². The zero-order chi connectivity index (χ0) is 15.6. The fraction of sp³-hybridized carbons (Fsp3) is 0.929. The van der Waals surface area contributed by atoms with Crippen molar-refractivity contribution in [3.63, 3.8) is 0 Å². The van der Waals surface area contributed by atoms with Gasteiger partial charge in [-0.25, -0.2) is 8.42 Å². The third-order valence-corrected chi connectivity index (χ3v) is 5.27. The van der Waals surface area contributed by atoms with Crippen LogP contribution in [0.4, 0.5) is 0 Å². The number of rotatable bonds is 8. The number of nitrogens with zero attached hydrogens (tertiary/aromatic N) is 1. The van der Waals surface area contributed by atoms with E-state index >= 15 is 0 Å². The molecule has 2 N–H and O–H groups in total. The number of halogens is 1. The van der Waals surface area contributed by atoms with Crippen molar-refractivity contribution in [3.05, 3.63) is 0 Å². The fourth-order valence-electron chi connectivity index (χ4n) is 2.36. The van der Waals surface area contributed by atoms with E-state index < -0.39 is 9.84 Å². The van der Waals surface area contributed by atoms with Gasteiger partial charge in [-0.15, -0.1) is 12.4 Å². The summed E-state index contributed by atoms with van der Waals surface area (Å²) >= 11 is 0. The molecular formula is C14H29ClN2O3S. The quantitative estimate of drug-likeness (QED) is 0.725. The second kappa shape index (κ2) is 7.79. The molecule has 0 aliphatic heterocycles. The van der Waals surface area contributed by atoms with Crippen LogP contribution in [-0.2, 0) is 14.6 Å². The fourth-order valence-corrected chi connectivity index (χ4v) is 3.86. The minimum Gasteiger partial charge on any atom is -0.346 e. The standard InChI is InChI=1S/C14H28N2O3S.ClH/c1-11(2)12(15)5-8-16(3)13(17)9-14(6-7-14)10-20(4,18)19;/h11-12H,5-10,15H2,1-4H3;1H. The molecule has 1 saturated carbocycles.